The lowest BCUT2D eigenvalue weighted by atomic mass is 9.95. The molecule has 0 spiro atoms. The Bertz CT molecular complexity index is 484. The molecule has 0 aromatic heterocycles. The maximum Gasteiger partial charge on any atom is 0.220 e. The fourth-order valence-electron chi connectivity index (χ4n) is 2.81. The van der Waals surface area contributed by atoms with Crippen LogP contribution in [0.4, 0.5) is 10.1 Å². The van der Waals surface area contributed by atoms with Gasteiger partial charge >= 0.3 is 0 Å². The van der Waals surface area contributed by atoms with Crippen molar-refractivity contribution in [2.24, 2.45) is 11.7 Å². The maximum absolute atomic E-state index is 14.1. The van der Waals surface area contributed by atoms with E-state index in [0.717, 1.165) is 44.6 Å². The monoisotopic (exact) mass is 293 g/mol. The number of benzene rings is 1. The molecule has 116 valence electrons. The summed E-state index contributed by atoms with van der Waals surface area (Å²) in [6, 6.07) is 5.20. The SMILES string of the molecule is CCCNCc1c(F)cccc1N1CCC(C(N)=O)CC1. The fourth-order valence-corrected chi connectivity index (χ4v) is 2.81. The Morgan fingerprint density at radius 3 is 2.76 bits per heavy atom. The van der Waals surface area contributed by atoms with Crippen LogP contribution in [0, 0.1) is 11.7 Å². The number of amides is 1. The molecule has 1 saturated heterocycles. The Morgan fingerprint density at radius 2 is 2.14 bits per heavy atom. The molecule has 21 heavy (non-hydrogen) atoms. The van der Waals surface area contributed by atoms with Gasteiger partial charge in [-0.15, -0.1) is 0 Å². The van der Waals surface area contributed by atoms with Crippen LogP contribution < -0.4 is 16.0 Å². The van der Waals surface area contributed by atoms with Crippen molar-refractivity contribution in [1.82, 2.24) is 5.32 Å². The minimum absolute atomic E-state index is 0.0449. The minimum Gasteiger partial charge on any atom is -0.371 e. The van der Waals surface area contributed by atoms with Gasteiger partial charge in [0.25, 0.3) is 0 Å². The van der Waals surface area contributed by atoms with Crippen molar-refractivity contribution in [2.45, 2.75) is 32.7 Å². The number of anilines is 1. The highest BCUT2D eigenvalue weighted by Crippen LogP contribution is 2.28. The molecule has 1 aromatic rings. The van der Waals surface area contributed by atoms with E-state index in [1.807, 2.05) is 6.07 Å². The molecule has 1 aromatic carbocycles. The number of nitrogens with two attached hydrogens (primary N) is 1. The minimum atomic E-state index is -0.223. The highest BCUT2D eigenvalue weighted by Gasteiger charge is 2.24. The van der Waals surface area contributed by atoms with Gasteiger partial charge in [0.1, 0.15) is 5.82 Å². The van der Waals surface area contributed by atoms with Crippen LogP contribution in [0.5, 0.6) is 0 Å². The molecule has 0 radical (unpaired) electrons. The summed E-state index contributed by atoms with van der Waals surface area (Å²) in [5.74, 6) is -0.441. The van der Waals surface area contributed by atoms with Crippen molar-refractivity contribution in [1.29, 1.82) is 0 Å². The van der Waals surface area contributed by atoms with Crippen molar-refractivity contribution in [3.05, 3.63) is 29.6 Å². The summed E-state index contributed by atoms with van der Waals surface area (Å²) in [5.41, 5.74) is 7.00. The van der Waals surface area contributed by atoms with E-state index in [4.69, 9.17) is 5.73 Å². The van der Waals surface area contributed by atoms with Gasteiger partial charge in [-0.05, 0) is 37.9 Å². The lowest BCUT2D eigenvalue weighted by Crippen LogP contribution is -2.39. The van der Waals surface area contributed by atoms with Crippen molar-refractivity contribution in [3.8, 4) is 0 Å². The van der Waals surface area contributed by atoms with Gasteiger partial charge in [0.15, 0.2) is 0 Å². The van der Waals surface area contributed by atoms with Crippen LogP contribution in [0.3, 0.4) is 0 Å². The number of nitrogens with zero attached hydrogens (tertiary/aromatic N) is 1. The van der Waals surface area contributed by atoms with Crippen molar-refractivity contribution >= 4 is 11.6 Å². The van der Waals surface area contributed by atoms with Gasteiger partial charge in [0, 0.05) is 36.8 Å². The maximum atomic E-state index is 14.1. The van der Waals surface area contributed by atoms with Crippen LogP contribution in [0.15, 0.2) is 18.2 Å². The van der Waals surface area contributed by atoms with Gasteiger partial charge in [-0.1, -0.05) is 13.0 Å². The number of hydrogen-bond acceptors (Lipinski definition) is 3. The molecule has 4 nitrogen and oxygen atoms in total. The van der Waals surface area contributed by atoms with E-state index in [1.54, 1.807) is 6.07 Å². The van der Waals surface area contributed by atoms with E-state index in [1.165, 1.54) is 6.07 Å². The number of hydrogen-bond donors (Lipinski definition) is 2. The third-order valence-corrected chi connectivity index (χ3v) is 4.06. The predicted molar refractivity (Wildman–Crippen MR) is 82.5 cm³/mol. The second-order valence-electron chi connectivity index (χ2n) is 5.58. The first-order valence-electron chi connectivity index (χ1n) is 7.65. The van der Waals surface area contributed by atoms with Gasteiger partial charge < -0.3 is 16.0 Å². The zero-order valence-corrected chi connectivity index (χ0v) is 12.6. The number of halogens is 1. The van der Waals surface area contributed by atoms with Crippen molar-refractivity contribution < 1.29 is 9.18 Å². The van der Waals surface area contributed by atoms with Gasteiger partial charge in [-0.3, -0.25) is 4.79 Å². The molecule has 1 fully saturated rings. The van der Waals surface area contributed by atoms with Gasteiger partial charge in [-0.25, -0.2) is 4.39 Å². The molecule has 1 amide bonds. The summed E-state index contributed by atoms with van der Waals surface area (Å²) >= 11 is 0. The molecule has 1 aliphatic heterocycles. The molecule has 0 bridgehead atoms. The van der Waals surface area contributed by atoms with E-state index in [9.17, 15) is 9.18 Å². The Morgan fingerprint density at radius 1 is 1.43 bits per heavy atom. The molecule has 0 saturated carbocycles. The van der Waals surface area contributed by atoms with Gasteiger partial charge in [-0.2, -0.15) is 0 Å². The molecule has 0 unspecified atom stereocenters. The summed E-state index contributed by atoms with van der Waals surface area (Å²) in [6.07, 6.45) is 2.51. The highest BCUT2D eigenvalue weighted by molar-refractivity contribution is 5.77. The van der Waals surface area contributed by atoms with Crippen LogP contribution in [-0.4, -0.2) is 25.5 Å². The highest BCUT2D eigenvalue weighted by atomic mass is 19.1. The first kappa shape index (κ1) is 15.8. The average molecular weight is 293 g/mol. The normalized spacial score (nSPS) is 16.2. The number of piperidine rings is 1. The Labute approximate surface area is 125 Å². The lowest BCUT2D eigenvalue weighted by molar-refractivity contribution is -0.122. The predicted octanol–water partition coefficient (Wildman–Crippen LogP) is 2.03. The second-order valence-corrected chi connectivity index (χ2v) is 5.58. The molecule has 1 heterocycles. The van der Waals surface area contributed by atoms with E-state index >= 15 is 0 Å². The topological polar surface area (TPSA) is 58.4 Å². The average Bonchev–Trinajstić information content (AvgIpc) is 2.49. The van der Waals surface area contributed by atoms with E-state index in [2.05, 4.69) is 17.1 Å². The molecule has 0 aliphatic carbocycles. The van der Waals surface area contributed by atoms with Gasteiger partial charge in [0.2, 0.25) is 5.91 Å². The number of carbonyl (C=O) groups excluding carboxylic acids is 1. The molecule has 0 atom stereocenters. The first-order chi connectivity index (χ1) is 10.1. The Kier molecular flexibility index (Phi) is 5.56. The van der Waals surface area contributed by atoms with E-state index in [-0.39, 0.29) is 17.6 Å². The van der Waals surface area contributed by atoms with Crippen LogP contribution >= 0.6 is 0 Å². The van der Waals surface area contributed by atoms with E-state index < -0.39 is 0 Å². The number of primary amides is 1. The molecular formula is C16H24FN3O. The molecule has 3 N–H and O–H groups in total. The molecule has 1 aliphatic rings. The fraction of sp³-hybridized carbons (Fsp3) is 0.562. The lowest BCUT2D eigenvalue weighted by Gasteiger charge is -2.33. The third-order valence-electron chi connectivity index (χ3n) is 4.06. The zero-order chi connectivity index (χ0) is 15.2. The van der Waals surface area contributed by atoms with Crippen LogP contribution in [0.2, 0.25) is 0 Å². The Balaban J connectivity index is 2.09. The van der Waals surface area contributed by atoms with Crippen LogP contribution in [0.25, 0.3) is 0 Å². The van der Waals surface area contributed by atoms with Crippen molar-refractivity contribution in [2.75, 3.05) is 24.5 Å². The first-order valence-corrected chi connectivity index (χ1v) is 7.65. The summed E-state index contributed by atoms with van der Waals surface area (Å²) in [7, 11) is 0. The standard InChI is InChI=1S/C16H24FN3O/c1-2-8-19-11-13-14(17)4-3-5-15(13)20-9-6-12(7-10-20)16(18)21/h3-5,12,19H,2,6-11H2,1H3,(H2,18,21). The molecule has 2 rings (SSSR count). The smallest absolute Gasteiger partial charge is 0.220 e. The van der Waals surface area contributed by atoms with Crippen molar-refractivity contribution in [3.63, 3.8) is 0 Å². The van der Waals surface area contributed by atoms with E-state index in [0.29, 0.717) is 12.1 Å². The second kappa shape index (κ2) is 7.41. The van der Waals surface area contributed by atoms with Crippen LogP contribution in [0.1, 0.15) is 31.7 Å². The number of nitrogens with one attached hydrogen (secondary N) is 1. The molecular weight excluding hydrogens is 269 g/mol. The largest absolute Gasteiger partial charge is 0.371 e. The summed E-state index contributed by atoms with van der Waals surface area (Å²) in [4.78, 5) is 13.4. The summed E-state index contributed by atoms with van der Waals surface area (Å²) in [5, 5.41) is 3.26. The van der Waals surface area contributed by atoms with Crippen LogP contribution in [-0.2, 0) is 11.3 Å². The molecule has 5 heteroatoms. The Hall–Kier alpha value is -1.62. The number of carbonyl (C=O) groups is 1. The zero-order valence-electron chi connectivity index (χ0n) is 12.6. The summed E-state index contributed by atoms with van der Waals surface area (Å²) < 4.78 is 14.1. The number of rotatable bonds is 6. The quantitative estimate of drug-likeness (QED) is 0.789. The van der Waals surface area contributed by atoms with Gasteiger partial charge in [0.05, 0.1) is 0 Å². The summed E-state index contributed by atoms with van der Waals surface area (Å²) in [6.45, 7) is 4.99. The third kappa shape index (κ3) is 3.94.